The van der Waals surface area contributed by atoms with Crippen LogP contribution in [0.25, 0.3) is 0 Å². The highest BCUT2D eigenvalue weighted by Gasteiger charge is 2.13. The molecule has 0 aromatic heterocycles. The molecule has 1 aromatic carbocycles. The molecular formula is C13H14O. The lowest BCUT2D eigenvalue weighted by Crippen LogP contribution is -1.97. The van der Waals surface area contributed by atoms with E-state index in [4.69, 9.17) is 0 Å². The second-order valence-electron chi connectivity index (χ2n) is 3.68. The smallest absolute Gasteiger partial charge is 0.158 e. The van der Waals surface area contributed by atoms with Gasteiger partial charge >= 0.3 is 0 Å². The maximum atomic E-state index is 11.3. The van der Waals surface area contributed by atoms with E-state index in [-0.39, 0.29) is 0 Å². The molecule has 1 heteroatoms. The van der Waals surface area contributed by atoms with Crippen molar-refractivity contribution in [2.45, 2.75) is 25.7 Å². The molecule has 0 N–H and O–H groups in total. The van der Waals surface area contributed by atoms with Crippen LogP contribution in [0.2, 0.25) is 0 Å². The van der Waals surface area contributed by atoms with E-state index < -0.39 is 0 Å². The van der Waals surface area contributed by atoms with E-state index in [2.05, 4.69) is 18.2 Å². The van der Waals surface area contributed by atoms with Crippen LogP contribution in [-0.4, -0.2) is 5.78 Å². The van der Waals surface area contributed by atoms with Crippen molar-refractivity contribution in [3.05, 3.63) is 47.5 Å². The van der Waals surface area contributed by atoms with Crippen LogP contribution >= 0.6 is 0 Å². The van der Waals surface area contributed by atoms with Gasteiger partial charge in [-0.05, 0) is 30.4 Å². The Morgan fingerprint density at radius 1 is 1.07 bits per heavy atom. The first-order chi connectivity index (χ1) is 6.86. The number of ketones is 1. The lowest BCUT2D eigenvalue weighted by atomic mass is 10.0. The maximum Gasteiger partial charge on any atom is 0.158 e. The van der Waals surface area contributed by atoms with Gasteiger partial charge in [-0.15, -0.1) is 0 Å². The molecule has 0 amide bonds. The number of rotatable bonds is 3. The lowest BCUT2D eigenvalue weighted by Gasteiger charge is -2.01. The highest BCUT2D eigenvalue weighted by atomic mass is 16.1. The van der Waals surface area contributed by atoms with Gasteiger partial charge in [0, 0.05) is 6.42 Å². The van der Waals surface area contributed by atoms with Crippen LogP contribution in [0.15, 0.2) is 42.0 Å². The quantitative estimate of drug-likeness (QED) is 0.709. The second-order valence-corrected chi connectivity index (χ2v) is 3.68. The summed E-state index contributed by atoms with van der Waals surface area (Å²) in [4.78, 5) is 11.3. The Morgan fingerprint density at radius 2 is 1.86 bits per heavy atom. The molecule has 1 aliphatic rings. The Kier molecular flexibility index (Phi) is 2.78. The molecule has 2 rings (SSSR count). The van der Waals surface area contributed by atoms with Crippen molar-refractivity contribution in [2.24, 2.45) is 0 Å². The summed E-state index contributed by atoms with van der Waals surface area (Å²) in [6.45, 7) is 0. The van der Waals surface area contributed by atoms with E-state index in [1.807, 2.05) is 18.2 Å². The highest BCUT2D eigenvalue weighted by Crippen LogP contribution is 2.18. The predicted molar refractivity (Wildman–Crippen MR) is 57.1 cm³/mol. The van der Waals surface area contributed by atoms with Gasteiger partial charge in [0.25, 0.3) is 0 Å². The summed E-state index contributed by atoms with van der Waals surface area (Å²) in [5.74, 6) is 0.348. The summed E-state index contributed by atoms with van der Waals surface area (Å²) in [5, 5.41) is 0. The molecule has 0 radical (unpaired) electrons. The molecular weight excluding hydrogens is 172 g/mol. The molecule has 0 unspecified atom stereocenters. The van der Waals surface area contributed by atoms with Gasteiger partial charge < -0.3 is 0 Å². The number of aryl methyl sites for hydroxylation is 1. The highest BCUT2D eigenvalue weighted by molar-refractivity contribution is 5.97. The molecule has 0 aliphatic heterocycles. The van der Waals surface area contributed by atoms with Gasteiger partial charge in [0.15, 0.2) is 5.78 Å². The summed E-state index contributed by atoms with van der Waals surface area (Å²) in [6, 6.07) is 10.3. The van der Waals surface area contributed by atoms with Crippen molar-refractivity contribution < 1.29 is 4.79 Å². The SMILES string of the molecule is O=C1CCC=C1CCc1ccccc1. The maximum absolute atomic E-state index is 11.3. The minimum atomic E-state index is 0.348. The third-order valence-electron chi connectivity index (χ3n) is 2.65. The Labute approximate surface area is 84.5 Å². The van der Waals surface area contributed by atoms with Crippen LogP contribution < -0.4 is 0 Å². The zero-order valence-electron chi connectivity index (χ0n) is 8.20. The van der Waals surface area contributed by atoms with Crippen molar-refractivity contribution in [3.63, 3.8) is 0 Å². The number of benzene rings is 1. The Bertz CT molecular complexity index is 349. The molecule has 0 fully saturated rings. The molecule has 1 aromatic rings. The van der Waals surface area contributed by atoms with Crippen molar-refractivity contribution in [3.8, 4) is 0 Å². The molecule has 0 bridgehead atoms. The molecule has 0 spiro atoms. The van der Waals surface area contributed by atoms with Gasteiger partial charge in [0.1, 0.15) is 0 Å². The number of carbonyl (C=O) groups is 1. The topological polar surface area (TPSA) is 17.1 Å². The van der Waals surface area contributed by atoms with Crippen LogP contribution in [0.5, 0.6) is 0 Å². The van der Waals surface area contributed by atoms with Crippen LogP contribution in [0, 0.1) is 0 Å². The van der Waals surface area contributed by atoms with E-state index in [1.54, 1.807) is 0 Å². The van der Waals surface area contributed by atoms with Crippen LogP contribution in [0.1, 0.15) is 24.8 Å². The Morgan fingerprint density at radius 3 is 2.50 bits per heavy atom. The number of hydrogen-bond donors (Lipinski definition) is 0. The fourth-order valence-electron chi connectivity index (χ4n) is 1.82. The van der Waals surface area contributed by atoms with Crippen molar-refractivity contribution >= 4 is 5.78 Å². The van der Waals surface area contributed by atoms with Crippen molar-refractivity contribution in [1.29, 1.82) is 0 Å². The standard InChI is InChI=1S/C13H14O/c14-13-8-4-7-12(13)10-9-11-5-2-1-3-6-11/h1-3,5-7H,4,8-10H2. The van der Waals surface area contributed by atoms with E-state index in [1.165, 1.54) is 5.56 Å². The summed E-state index contributed by atoms with van der Waals surface area (Å²) in [7, 11) is 0. The molecule has 14 heavy (non-hydrogen) atoms. The first-order valence-corrected chi connectivity index (χ1v) is 5.12. The summed E-state index contributed by atoms with van der Waals surface area (Å²) < 4.78 is 0. The Hall–Kier alpha value is -1.37. The third-order valence-corrected chi connectivity index (χ3v) is 2.65. The van der Waals surface area contributed by atoms with Crippen molar-refractivity contribution in [1.82, 2.24) is 0 Å². The first-order valence-electron chi connectivity index (χ1n) is 5.12. The fourth-order valence-corrected chi connectivity index (χ4v) is 1.82. The number of allylic oxidation sites excluding steroid dienone is 2. The summed E-state index contributed by atoms with van der Waals surface area (Å²) in [6.07, 6.45) is 5.65. The lowest BCUT2D eigenvalue weighted by molar-refractivity contribution is -0.115. The van der Waals surface area contributed by atoms with Gasteiger partial charge in [0.05, 0.1) is 0 Å². The second kappa shape index (κ2) is 4.23. The summed E-state index contributed by atoms with van der Waals surface area (Å²) >= 11 is 0. The molecule has 1 aliphatic carbocycles. The molecule has 0 saturated carbocycles. The van der Waals surface area contributed by atoms with E-state index in [0.29, 0.717) is 5.78 Å². The predicted octanol–water partition coefficient (Wildman–Crippen LogP) is 2.91. The largest absolute Gasteiger partial charge is 0.295 e. The van der Waals surface area contributed by atoms with E-state index in [0.717, 1.165) is 31.3 Å². The minimum absolute atomic E-state index is 0.348. The first kappa shape index (κ1) is 9.20. The molecule has 72 valence electrons. The van der Waals surface area contributed by atoms with Crippen LogP contribution in [0.3, 0.4) is 0 Å². The van der Waals surface area contributed by atoms with E-state index >= 15 is 0 Å². The molecule has 0 atom stereocenters. The van der Waals surface area contributed by atoms with Gasteiger partial charge in [-0.2, -0.15) is 0 Å². The average Bonchev–Trinajstić information content (AvgIpc) is 2.63. The van der Waals surface area contributed by atoms with Crippen LogP contribution in [0.4, 0.5) is 0 Å². The zero-order chi connectivity index (χ0) is 9.80. The van der Waals surface area contributed by atoms with Gasteiger partial charge in [0.2, 0.25) is 0 Å². The minimum Gasteiger partial charge on any atom is -0.295 e. The zero-order valence-corrected chi connectivity index (χ0v) is 8.20. The van der Waals surface area contributed by atoms with E-state index in [9.17, 15) is 4.79 Å². The van der Waals surface area contributed by atoms with Crippen LogP contribution in [-0.2, 0) is 11.2 Å². The average molecular weight is 186 g/mol. The number of carbonyl (C=O) groups excluding carboxylic acids is 1. The Balaban J connectivity index is 1.92. The normalized spacial score (nSPS) is 15.7. The number of Topliss-reactive ketones (excluding diaryl/α,β-unsaturated/α-hetero) is 1. The molecule has 1 nitrogen and oxygen atoms in total. The van der Waals surface area contributed by atoms with Gasteiger partial charge in [-0.25, -0.2) is 0 Å². The monoisotopic (exact) mass is 186 g/mol. The molecule has 0 heterocycles. The molecule has 0 saturated heterocycles. The van der Waals surface area contributed by atoms with Crippen molar-refractivity contribution in [2.75, 3.05) is 0 Å². The third kappa shape index (κ3) is 2.11. The fraction of sp³-hybridized carbons (Fsp3) is 0.308. The summed E-state index contributed by atoms with van der Waals surface area (Å²) in [5.41, 5.74) is 2.35. The van der Waals surface area contributed by atoms with Gasteiger partial charge in [-0.1, -0.05) is 36.4 Å². The van der Waals surface area contributed by atoms with Gasteiger partial charge in [-0.3, -0.25) is 4.79 Å². The number of hydrogen-bond acceptors (Lipinski definition) is 1.